The van der Waals surface area contributed by atoms with Crippen molar-refractivity contribution in [2.75, 3.05) is 79.0 Å². The standard InChI is InChI=1S/C61H78F4N10O13S/c1-39-54(89-38-71-39)42-11-7-41(8-12-42)32-68-57(81)49-31-44(76)34-75(49)59(82)55(60(2,3)4)72-52(78)17-22-84-24-26-86-28-27-85-25-23-83-21-16-51(77)67-18-5-6-19-73-36-48(70-37-73)43-30-46(56(66)80)58(69-33-43)87-50-15-20-74(35-47(50)62)53(79)29-40-9-13-45(14-10-40)88-61(63,64)65/h7-14,30,33,36-38,44,47,49-50,55,76H,5-6,15-29,31-32,34-35H2,1-4H3,(H2,66,80)(H,67,77)(H,68,81)(H,72,78)/t44-,47-,49+,50-,55-/m1/s1. The molecule has 6 N–H and O–H groups in total. The molecule has 89 heavy (non-hydrogen) atoms. The number of hydrogen-bond donors (Lipinski definition) is 5. The number of amides is 6. The highest BCUT2D eigenvalue weighted by molar-refractivity contribution is 7.13. The molecule has 5 aromatic rings. The Kier molecular flexibility index (Phi) is 25.7. The van der Waals surface area contributed by atoms with Gasteiger partial charge in [-0.2, -0.15) is 0 Å². The smallest absolute Gasteiger partial charge is 0.471 e. The number of primary amides is 1. The van der Waals surface area contributed by atoms with Gasteiger partial charge >= 0.3 is 6.36 Å². The van der Waals surface area contributed by atoms with Gasteiger partial charge in [0.2, 0.25) is 35.4 Å². The van der Waals surface area contributed by atoms with E-state index in [0.29, 0.717) is 56.2 Å². The lowest BCUT2D eigenvalue weighted by molar-refractivity contribution is -0.274. The van der Waals surface area contributed by atoms with Crippen LogP contribution in [0.5, 0.6) is 11.6 Å². The number of aliphatic hydroxyl groups is 1. The lowest BCUT2D eigenvalue weighted by Crippen LogP contribution is -2.57. The molecule has 2 aliphatic rings. The van der Waals surface area contributed by atoms with Crippen molar-refractivity contribution in [1.82, 2.24) is 45.3 Å². The van der Waals surface area contributed by atoms with Crippen molar-refractivity contribution in [2.24, 2.45) is 11.1 Å². The number of hydrogen-bond acceptors (Lipinski definition) is 17. The van der Waals surface area contributed by atoms with Crippen LogP contribution in [0.3, 0.4) is 0 Å². The van der Waals surface area contributed by atoms with Crippen molar-refractivity contribution in [3.63, 3.8) is 0 Å². The molecule has 0 bridgehead atoms. The number of rotatable bonds is 33. The molecule has 2 aromatic carbocycles. The zero-order valence-corrected chi connectivity index (χ0v) is 51.1. The largest absolute Gasteiger partial charge is 0.573 e. The highest BCUT2D eigenvalue weighted by Gasteiger charge is 2.44. The van der Waals surface area contributed by atoms with E-state index < -0.39 is 71.6 Å². The van der Waals surface area contributed by atoms with Crippen molar-refractivity contribution < 1.29 is 79.9 Å². The quantitative estimate of drug-likeness (QED) is 0.0256. The van der Waals surface area contributed by atoms with Crippen LogP contribution in [0.1, 0.15) is 86.5 Å². The summed E-state index contributed by atoms with van der Waals surface area (Å²) in [6.45, 7) is 10.5. The Morgan fingerprint density at radius 1 is 0.809 bits per heavy atom. The molecule has 28 heteroatoms. The minimum atomic E-state index is -4.85. The maximum atomic E-state index is 15.4. The van der Waals surface area contributed by atoms with Crippen LogP contribution in [0.2, 0.25) is 0 Å². The monoisotopic (exact) mass is 1270 g/mol. The number of pyridine rings is 1. The number of likely N-dealkylation sites (tertiary alicyclic amines) is 2. The fourth-order valence-electron chi connectivity index (χ4n) is 9.82. The second kappa shape index (κ2) is 33.3. The third-order valence-electron chi connectivity index (χ3n) is 14.6. The lowest BCUT2D eigenvalue weighted by atomic mass is 9.85. The van der Waals surface area contributed by atoms with Crippen molar-refractivity contribution >= 4 is 46.8 Å². The summed E-state index contributed by atoms with van der Waals surface area (Å²) in [5, 5.41) is 19.2. The Morgan fingerprint density at radius 3 is 2.08 bits per heavy atom. The van der Waals surface area contributed by atoms with Gasteiger partial charge in [0, 0.05) is 76.4 Å². The average molecular weight is 1270 g/mol. The highest BCUT2D eigenvalue weighted by atomic mass is 32.1. The summed E-state index contributed by atoms with van der Waals surface area (Å²) in [5.41, 5.74) is 10.9. The number of piperidine rings is 1. The fourth-order valence-corrected chi connectivity index (χ4v) is 10.6. The molecule has 0 radical (unpaired) electrons. The number of β-amino-alcohol motifs (C(OH)–C–C–N with tert-alkyl or cyclic N) is 1. The summed E-state index contributed by atoms with van der Waals surface area (Å²) in [6, 6.07) is 12.3. The van der Waals surface area contributed by atoms with Crippen LogP contribution >= 0.6 is 11.3 Å². The van der Waals surface area contributed by atoms with E-state index in [1.54, 1.807) is 29.4 Å². The molecular weight excluding hydrogens is 1190 g/mol. The van der Waals surface area contributed by atoms with Gasteiger partial charge < -0.3 is 69.6 Å². The second-order valence-corrected chi connectivity index (χ2v) is 23.4. The van der Waals surface area contributed by atoms with Crippen LogP contribution in [-0.2, 0) is 62.4 Å². The highest BCUT2D eigenvalue weighted by Crippen LogP contribution is 2.31. The van der Waals surface area contributed by atoms with Gasteiger partial charge in [-0.25, -0.2) is 19.3 Å². The first-order chi connectivity index (χ1) is 42.5. The molecule has 7 rings (SSSR count). The van der Waals surface area contributed by atoms with E-state index in [0.717, 1.165) is 40.3 Å². The molecule has 0 spiro atoms. The van der Waals surface area contributed by atoms with E-state index in [4.69, 9.17) is 29.4 Å². The van der Waals surface area contributed by atoms with E-state index in [9.17, 15) is 47.0 Å². The zero-order valence-electron chi connectivity index (χ0n) is 50.3. The van der Waals surface area contributed by atoms with Crippen LogP contribution in [0.25, 0.3) is 21.7 Å². The molecular formula is C61H78F4N10O13S. The summed E-state index contributed by atoms with van der Waals surface area (Å²) < 4.78 is 86.6. The van der Waals surface area contributed by atoms with Crippen molar-refractivity contribution in [3.8, 4) is 33.3 Å². The van der Waals surface area contributed by atoms with E-state index in [1.165, 1.54) is 34.2 Å². The predicted molar refractivity (Wildman–Crippen MR) is 318 cm³/mol. The van der Waals surface area contributed by atoms with Gasteiger partial charge in [-0.05, 0) is 60.1 Å². The summed E-state index contributed by atoms with van der Waals surface area (Å²) in [7, 11) is 0. The predicted octanol–water partition coefficient (Wildman–Crippen LogP) is 5.49. The number of imidazole rings is 1. The third-order valence-corrected chi connectivity index (χ3v) is 15.6. The number of carbonyl (C=O) groups is 6. The first kappa shape index (κ1) is 68.9. The molecule has 5 atom stereocenters. The van der Waals surface area contributed by atoms with Crippen LogP contribution in [0.15, 0.2) is 78.8 Å². The number of nitrogens with zero attached hydrogens (tertiary/aromatic N) is 6. The van der Waals surface area contributed by atoms with Crippen molar-refractivity contribution in [3.05, 3.63) is 101 Å². The van der Waals surface area contributed by atoms with E-state index in [2.05, 4.69) is 35.6 Å². The van der Waals surface area contributed by atoms with Crippen LogP contribution in [-0.4, -0.2) is 186 Å². The molecule has 6 amide bonds. The minimum Gasteiger partial charge on any atom is -0.471 e. The maximum Gasteiger partial charge on any atom is 0.573 e. The van der Waals surface area contributed by atoms with Gasteiger partial charge in [0.25, 0.3) is 5.91 Å². The lowest BCUT2D eigenvalue weighted by Gasteiger charge is -2.35. The number of nitrogens with one attached hydrogen (secondary N) is 3. The summed E-state index contributed by atoms with van der Waals surface area (Å²) >= 11 is 1.56. The Morgan fingerprint density at radius 2 is 1.46 bits per heavy atom. The van der Waals surface area contributed by atoms with E-state index >= 15 is 4.39 Å². The molecule has 2 saturated heterocycles. The van der Waals surface area contributed by atoms with Gasteiger partial charge in [0.15, 0.2) is 6.17 Å². The minimum absolute atomic E-state index is 0.0100. The molecule has 0 unspecified atom stereocenters. The molecule has 0 aliphatic carbocycles. The summed E-state index contributed by atoms with van der Waals surface area (Å²) in [6.07, 6.45) is -2.04. The Balaban J connectivity index is 0.680. The van der Waals surface area contributed by atoms with Gasteiger partial charge in [-0.15, -0.1) is 24.5 Å². The van der Waals surface area contributed by atoms with Crippen LogP contribution < -0.4 is 31.2 Å². The first-order valence-corrected chi connectivity index (χ1v) is 30.3. The average Bonchev–Trinajstić information content (AvgIpc) is 2.07. The Labute approximate surface area is 517 Å². The van der Waals surface area contributed by atoms with Gasteiger partial charge in [0.1, 0.15) is 29.5 Å². The fraction of sp³-hybridized carbons (Fsp3) is 0.525. The van der Waals surface area contributed by atoms with Crippen molar-refractivity contribution in [1.29, 1.82) is 0 Å². The topological polar surface area (TPSA) is 290 Å². The number of carbonyl (C=O) groups excluding carboxylic acids is 6. The molecule has 3 aromatic heterocycles. The number of aromatic nitrogens is 4. The third kappa shape index (κ3) is 21.8. The van der Waals surface area contributed by atoms with Crippen LogP contribution in [0, 0.1) is 12.3 Å². The number of halogens is 4. The number of ether oxygens (including phenoxy) is 6. The second-order valence-electron chi connectivity index (χ2n) is 22.6. The van der Waals surface area contributed by atoms with Gasteiger partial charge in [0.05, 0.1) is 100 Å². The molecule has 23 nitrogen and oxygen atoms in total. The molecule has 2 fully saturated rings. The number of alkyl halides is 4. The number of unbranched alkanes of at least 4 members (excludes halogenated alkanes) is 1. The number of aliphatic hydroxyl groups excluding tert-OH is 1. The molecule has 484 valence electrons. The molecule has 5 heterocycles. The molecule has 0 saturated carbocycles. The summed E-state index contributed by atoms with van der Waals surface area (Å²) in [5.74, 6) is -3.26. The summed E-state index contributed by atoms with van der Waals surface area (Å²) in [4.78, 5) is 94.9. The number of thiazole rings is 1. The Hall–Kier alpha value is -7.63. The Bertz CT molecular complexity index is 3130. The number of nitrogens with two attached hydrogens (primary N) is 1. The SMILES string of the molecule is Cc1ncsc1-c1ccc(CNC(=O)[C@@H]2C[C@@H](O)CN2C(=O)[C@@H](NC(=O)CCOCCOCCOCCOCCC(=O)NCCCCn2cnc(-c3cnc(O[C@@H]4CCN(C(=O)Cc5ccc(OC(F)(F)F)cc5)C[C@H]4F)c(C(N)=O)c3)c2)C(C)(C)C)cc1. The van der Waals surface area contributed by atoms with Crippen LogP contribution in [0.4, 0.5) is 17.6 Å². The van der Waals surface area contributed by atoms with E-state index in [1.807, 2.05) is 56.5 Å². The van der Waals surface area contributed by atoms with Gasteiger partial charge in [-0.1, -0.05) is 57.2 Å². The number of benzene rings is 2. The van der Waals surface area contributed by atoms with Gasteiger partial charge in [-0.3, -0.25) is 28.8 Å². The van der Waals surface area contributed by atoms with Crippen molar-refractivity contribution in [2.45, 2.75) is 123 Å². The maximum absolute atomic E-state index is 15.4. The van der Waals surface area contributed by atoms with E-state index in [-0.39, 0.29) is 115 Å². The number of aryl methyl sites for hydroxylation is 2. The molecule has 2 aliphatic heterocycles. The normalized spacial score (nSPS) is 17.3. The zero-order chi connectivity index (χ0) is 64.1. The first-order valence-electron chi connectivity index (χ1n) is 29.4.